The maximum atomic E-state index is 6.03. The zero-order valence-corrected chi connectivity index (χ0v) is 19.1. The van der Waals surface area contributed by atoms with E-state index < -0.39 is 0 Å². The van der Waals surface area contributed by atoms with Gasteiger partial charge in [0.25, 0.3) is 0 Å². The summed E-state index contributed by atoms with van der Waals surface area (Å²) in [4.78, 5) is 9.64. The van der Waals surface area contributed by atoms with Gasteiger partial charge in [0.05, 0.1) is 6.54 Å². The predicted molar refractivity (Wildman–Crippen MR) is 123 cm³/mol. The Kier molecular flexibility index (Phi) is 12.3. The lowest BCUT2D eigenvalue weighted by molar-refractivity contribution is 0.274. The van der Waals surface area contributed by atoms with E-state index in [4.69, 9.17) is 11.6 Å². The first kappa shape index (κ1) is 23.5. The Morgan fingerprint density at radius 1 is 1.19 bits per heavy atom. The van der Waals surface area contributed by atoms with E-state index in [-0.39, 0.29) is 24.0 Å². The standard InChI is InChI=1S/C19H32ClN5.HI/c1-3-21-19(23-16-17-7-4-8-18(20)15-17)22-9-5-11-25-12-6-10-24(2)13-14-25;/h4,7-8,15H,3,5-6,9-14,16H2,1-2H3,(H2,21,22,23);1H. The van der Waals surface area contributed by atoms with Gasteiger partial charge in [0, 0.05) is 31.2 Å². The number of nitrogens with one attached hydrogen (secondary N) is 2. The molecular formula is C19H33ClIN5. The first-order valence-electron chi connectivity index (χ1n) is 9.35. The number of guanidine groups is 1. The SMILES string of the molecule is CCNC(=NCc1cccc(Cl)c1)NCCCN1CCCN(C)CC1.I. The molecule has 148 valence electrons. The van der Waals surface area contributed by atoms with Gasteiger partial charge < -0.3 is 20.4 Å². The molecule has 0 atom stereocenters. The second-order valence-corrected chi connectivity index (χ2v) is 7.04. The van der Waals surface area contributed by atoms with Gasteiger partial charge in [-0.25, -0.2) is 4.99 Å². The molecule has 0 bridgehead atoms. The fourth-order valence-electron chi connectivity index (χ4n) is 2.98. The third-order valence-corrected chi connectivity index (χ3v) is 4.64. The highest BCUT2D eigenvalue weighted by Gasteiger charge is 2.11. The molecule has 1 heterocycles. The molecule has 1 aliphatic heterocycles. The third-order valence-electron chi connectivity index (χ3n) is 4.41. The van der Waals surface area contributed by atoms with E-state index in [0.29, 0.717) is 6.54 Å². The molecule has 26 heavy (non-hydrogen) atoms. The fraction of sp³-hybridized carbons (Fsp3) is 0.632. The van der Waals surface area contributed by atoms with E-state index in [1.165, 1.54) is 32.6 Å². The van der Waals surface area contributed by atoms with E-state index in [2.05, 4.69) is 45.5 Å². The van der Waals surface area contributed by atoms with Crippen LogP contribution in [0.2, 0.25) is 5.02 Å². The number of likely N-dealkylation sites (N-methyl/N-ethyl adjacent to an activating group) is 1. The number of hydrogen-bond acceptors (Lipinski definition) is 3. The molecule has 0 amide bonds. The quantitative estimate of drug-likeness (QED) is 0.265. The molecule has 1 saturated heterocycles. The van der Waals surface area contributed by atoms with Crippen LogP contribution in [-0.4, -0.2) is 68.6 Å². The van der Waals surface area contributed by atoms with Crippen LogP contribution in [0.25, 0.3) is 0 Å². The third kappa shape index (κ3) is 9.39. The summed E-state index contributed by atoms with van der Waals surface area (Å²) in [5.41, 5.74) is 1.12. The first-order valence-corrected chi connectivity index (χ1v) is 9.72. The van der Waals surface area contributed by atoms with Gasteiger partial charge in [-0.05, 0) is 64.1 Å². The summed E-state index contributed by atoms with van der Waals surface area (Å²) in [5.74, 6) is 0.873. The number of benzene rings is 1. The summed E-state index contributed by atoms with van der Waals surface area (Å²) >= 11 is 6.03. The van der Waals surface area contributed by atoms with E-state index >= 15 is 0 Å². The maximum Gasteiger partial charge on any atom is 0.191 e. The Hall–Kier alpha value is -0.570. The molecular weight excluding hydrogens is 461 g/mol. The van der Waals surface area contributed by atoms with E-state index in [9.17, 15) is 0 Å². The minimum atomic E-state index is 0. The summed E-state index contributed by atoms with van der Waals surface area (Å²) in [6.07, 6.45) is 2.40. The van der Waals surface area contributed by atoms with Crippen molar-refractivity contribution in [3.05, 3.63) is 34.9 Å². The van der Waals surface area contributed by atoms with Crippen molar-refractivity contribution in [2.24, 2.45) is 4.99 Å². The number of halogens is 2. The van der Waals surface area contributed by atoms with Crippen LogP contribution < -0.4 is 10.6 Å². The van der Waals surface area contributed by atoms with E-state index in [1.54, 1.807) is 0 Å². The van der Waals surface area contributed by atoms with Gasteiger partial charge in [0.15, 0.2) is 5.96 Å². The molecule has 0 aromatic heterocycles. The predicted octanol–water partition coefficient (Wildman–Crippen LogP) is 3.04. The smallest absolute Gasteiger partial charge is 0.191 e. The van der Waals surface area contributed by atoms with Crippen LogP contribution in [0.15, 0.2) is 29.3 Å². The highest BCUT2D eigenvalue weighted by Crippen LogP contribution is 2.11. The van der Waals surface area contributed by atoms with Crippen LogP contribution in [0, 0.1) is 0 Å². The summed E-state index contributed by atoms with van der Waals surface area (Å²) in [5, 5.41) is 7.50. The number of rotatable bonds is 7. The van der Waals surface area contributed by atoms with Crippen LogP contribution in [-0.2, 0) is 6.54 Å². The lowest BCUT2D eigenvalue weighted by Gasteiger charge is -2.20. The molecule has 7 heteroatoms. The highest BCUT2D eigenvalue weighted by atomic mass is 127. The largest absolute Gasteiger partial charge is 0.357 e. The van der Waals surface area contributed by atoms with Crippen LogP contribution in [0.1, 0.15) is 25.3 Å². The van der Waals surface area contributed by atoms with Crippen molar-refractivity contribution in [1.29, 1.82) is 0 Å². The minimum Gasteiger partial charge on any atom is -0.357 e. The van der Waals surface area contributed by atoms with Crippen molar-refractivity contribution in [2.45, 2.75) is 26.3 Å². The molecule has 0 aliphatic carbocycles. The molecule has 0 unspecified atom stereocenters. The van der Waals surface area contributed by atoms with Gasteiger partial charge in [0.2, 0.25) is 0 Å². The normalized spacial score (nSPS) is 16.7. The lowest BCUT2D eigenvalue weighted by Crippen LogP contribution is -2.39. The molecule has 0 spiro atoms. The van der Waals surface area contributed by atoms with Gasteiger partial charge in [-0.2, -0.15) is 0 Å². The molecule has 0 saturated carbocycles. The monoisotopic (exact) mass is 493 g/mol. The van der Waals surface area contributed by atoms with Crippen LogP contribution in [0.5, 0.6) is 0 Å². The zero-order valence-electron chi connectivity index (χ0n) is 16.0. The number of nitrogens with zero attached hydrogens (tertiary/aromatic N) is 3. The van der Waals surface area contributed by atoms with Gasteiger partial charge in [-0.15, -0.1) is 24.0 Å². The fourth-order valence-corrected chi connectivity index (χ4v) is 3.19. The molecule has 1 aliphatic rings. The van der Waals surface area contributed by atoms with Crippen LogP contribution in [0.4, 0.5) is 0 Å². The molecule has 1 aromatic carbocycles. The van der Waals surface area contributed by atoms with Crippen LogP contribution >= 0.6 is 35.6 Å². The molecule has 2 N–H and O–H groups in total. The zero-order chi connectivity index (χ0) is 17.9. The van der Waals surface area contributed by atoms with Gasteiger partial charge in [-0.3, -0.25) is 0 Å². The van der Waals surface area contributed by atoms with Gasteiger partial charge >= 0.3 is 0 Å². The number of aliphatic imine (C=N–C) groups is 1. The van der Waals surface area contributed by atoms with Crippen LogP contribution in [0.3, 0.4) is 0 Å². The maximum absolute atomic E-state index is 6.03. The van der Waals surface area contributed by atoms with Crippen molar-refractivity contribution < 1.29 is 0 Å². The average Bonchev–Trinajstić information content (AvgIpc) is 2.81. The van der Waals surface area contributed by atoms with Gasteiger partial charge in [0.1, 0.15) is 0 Å². The average molecular weight is 494 g/mol. The Labute approximate surface area is 180 Å². The topological polar surface area (TPSA) is 42.9 Å². The van der Waals surface area contributed by atoms with E-state index in [1.807, 2.05) is 18.2 Å². The molecule has 1 aromatic rings. The minimum absolute atomic E-state index is 0. The summed E-state index contributed by atoms with van der Waals surface area (Å²) in [6, 6.07) is 7.87. The van der Waals surface area contributed by atoms with E-state index in [0.717, 1.165) is 42.6 Å². The second-order valence-electron chi connectivity index (χ2n) is 6.60. The Balaban J connectivity index is 0.00000338. The summed E-state index contributed by atoms with van der Waals surface area (Å²) in [7, 11) is 2.21. The first-order chi connectivity index (χ1) is 12.2. The van der Waals surface area contributed by atoms with Crippen molar-refractivity contribution in [1.82, 2.24) is 20.4 Å². The Morgan fingerprint density at radius 3 is 2.81 bits per heavy atom. The van der Waals surface area contributed by atoms with Crippen molar-refractivity contribution in [2.75, 3.05) is 52.9 Å². The highest BCUT2D eigenvalue weighted by molar-refractivity contribution is 14.0. The van der Waals surface area contributed by atoms with Crippen molar-refractivity contribution in [3.8, 4) is 0 Å². The Bertz CT molecular complexity index is 540. The van der Waals surface area contributed by atoms with Crippen molar-refractivity contribution >= 4 is 41.5 Å². The molecule has 0 radical (unpaired) electrons. The molecule has 1 fully saturated rings. The molecule has 2 rings (SSSR count). The summed E-state index contributed by atoms with van der Waals surface area (Å²) < 4.78 is 0. The Morgan fingerprint density at radius 2 is 2.04 bits per heavy atom. The lowest BCUT2D eigenvalue weighted by atomic mass is 10.2. The molecule has 5 nitrogen and oxygen atoms in total. The van der Waals surface area contributed by atoms with Crippen molar-refractivity contribution in [3.63, 3.8) is 0 Å². The number of hydrogen-bond donors (Lipinski definition) is 2. The van der Waals surface area contributed by atoms with Gasteiger partial charge in [-0.1, -0.05) is 23.7 Å². The summed E-state index contributed by atoms with van der Waals surface area (Å²) in [6.45, 7) is 10.5. The second kappa shape index (κ2) is 13.6.